The maximum Gasteiger partial charge on any atom is 0.192 e. The number of aliphatic hydroxyl groups excluding tert-OH is 1. The Bertz CT molecular complexity index is 903. The lowest BCUT2D eigenvalue weighted by Gasteiger charge is -2.12. The van der Waals surface area contributed by atoms with E-state index in [-0.39, 0.29) is 24.0 Å². The number of aryl methyl sites for hydroxylation is 1. The molecule has 3 aromatic rings. The quantitative estimate of drug-likeness (QED) is 0.510. The van der Waals surface area contributed by atoms with Crippen molar-refractivity contribution < 1.29 is 13.9 Å². The van der Waals surface area contributed by atoms with E-state index in [4.69, 9.17) is 0 Å². The first-order chi connectivity index (χ1) is 12.0. The fourth-order valence-electron chi connectivity index (χ4n) is 2.14. The Kier molecular flexibility index (Phi) is 5.09. The highest BCUT2D eigenvalue weighted by atomic mass is 32.2. The molecule has 132 valence electrons. The zero-order valence-corrected chi connectivity index (χ0v) is 14.4. The van der Waals surface area contributed by atoms with E-state index in [0.717, 1.165) is 6.07 Å². The Morgan fingerprint density at radius 2 is 2.12 bits per heavy atom. The number of aliphatic hydroxyl groups is 1. The van der Waals surface area contributed by atoms with Crippen molar-refractivity contribution in [2.45, 2.75) is 23.9 Å². The van der Waals surface area contributed by atoms with Gasteiger partial charge in [0.2, 0.25) is 0 Å². The molecular formula is C15H16F2N6OS. The Morgan fingerprint density at radius 1 is 1.32 bits per heavy atom. The largest absolute Gasteiger partial charge is 0.394 e. The summed E-state index contributed by atoms with van der Waals surface area (Å²) in [5.41, 5.74) is 1.21. The van der Waals surface area contributed by atoms with Crippen LogP contribution < -0.4 is 5.32 Å². The topological polar surface area (TPSA) is 88.8 Å². The van der Waals surface area contributed by atoms with Gasteiger partial charge in [0.05, 0.1) is 6.61 Å². The summed E-state index contributed by atoms with van der Waals surface area (Å²) in [4.78, 5) is 8.73. The average Bonchev–Trinajstić information content (AvgIpc) is 2.97. The molecule has 0 radical (unpaired) electrons. The van der Waals surface area contributed by atoms with Gasteiger partial charge in [-0.25, -0.2) is 23.4 Å². The molecule has 25 heavy (non-hydrogen) atoms. The van der Waals surface area contributed by atoms with Crippen LogP contribution >= 0.6 is 11.8 Å². The molecule has 0 saturated carbocycles. The second kappa shape index (κ2) is 7.28. The zero-order valence-electron chi connectivity index (χ0n) is 13.6. The molecule has 0 saturated heterocycles. The number of anilines is 1. The summed E-state index contributed by atoms with van der Waals surface area (Å²) in [7, 11) is 1.70. The van der Waals surface area contributed by atoms with Crippen LogP contribution in [0.2, 0.25) is 0 Å². The number of aromatic nitrogens is 5. The molecule has 2 heterocycles. The molecule has 10 heteroatoms. The van der Waals surface area contributed by atoms with Crippen molar-refractivity contribution in [2.24, 2.45) is 7.05 Å². The van der Waals surface area contributed by atoms with Crippen LogP contribution in [0.5, 0.6) is 0 Å². The fourth-order valence-corrected chi connectivity index (χ4v) is 2.96. The Balaban J connectivity index is 1.90. The molecule has 0 unspecified atom stereocenters. The molecule has 0 aliphatic rings. The summed E-state index contributed by atoms with van der Waals surface area (Å²) in [6, 6.07) is 3.81. The smallest absolute Gasteiger partial charge is 0.192 e. The van der Waals surface area contributed by atoms with Crippen molar-refractivity contribution in [3.8, 4) is 0 Å². The van der Waals surface area contributed by atoms with Gasteiger partial charge in [0, 0.05) is 24.4 Å². The third kappa shape index (κ3) is 3.69. The number of thioether (sulfide) groups is 1. The van der Waals surface area contributed by atoms with Gasteiger partial charge in [-0.3, -0.25) is 0 Å². The maximum atomic E-state index is 13.8. The molecule has 3 rings (SSSR count). The van der Waals surface area contributed by atoms with Gasteiger partial charge in [0.15, 0.2) is 33.8 Å². The minimum absolute atomic E-state index is 0.0806. The van der Waals surface area contributed by atoms with Gasteiger partial charge < -0.3 is 10.4 Å². The number of nitrogens with zero attached hydrogens (tertiary/aromatic N) is 5. The van der Waals surface area contributed by atoms with Crippen LogP contribution in [-0.4, -0.2) is 42.7 Å². The van der Waals surface area contributed by atoms with Crippen molar-refractivity contribution in [1.82, 2.24) is 25.0 Å². The van der Waals surface area contributed by atoms with Gasteiger partial charge in [0.1, 0.15) is 0 Å². The molecule has 2 N–H and O–H groups in total. The number of hydrogen-bond donors (Lipinski definition) is 2. The molecular weight excluding hydrogens is 350 g/mol. The fraction of sp³-hybridized carbons (Fsp3) is 0.333. The Labute approximate surface area is 146 Å². The second-order valence-corrected chi connectivity index (χ2v) is 6.41. The summed E-state index contributed by atoms with van der Waals surface area (Å²) in [6.45, 7) is 1.71. The van der Waals surface area contributed by atoms with Gasteiger partial charge in [-0.05, 0) is 13.0 Å². The number of rotatable bonds is 6. The molecule has 1 atom stereocenters. The molecule has 0 bridgehead atoms. The molecule has 0 amide bonds. The summed E-state index contributed by atoms with van der Waals surface area (Å²) in [5.74, 6) is -1.15. The lowest BCUT2D eigenvalue weighted by Crippen LogP contribution is -2.20. The summed E-state index contributed by atoms with van der Waals surface area (Å²) in [6.07, 6.45) is 0. The third-order valence-electron chi connectivity index (χ3n) is 3.48. The van der Waals surface area contributed by atoms with Crippen molar-refractivity contribution in [2.75, 3.05) is 11.9 Å². The van der Waals surface area contributed by atoms with Crippen LogP contribution in [0.4, 0.5) is 14.6 Å². The van der Waals surface area contributed by atoms with E-state index in [1.165, 1.54) is 28.6 Å². The molecule has 0 fully saturated rings. The number of hydrogen-bond acceptors (Lipinski definition) is 7. The van der Waals surface area contributed by atoms with Crippen LogP contribution in [-0.2, 0) is 12.8 Å². The molecule has 0 aliphatic heterocycles. The van der Waals surface area contributed by atoms with E-state index in [1.54, 1.807) is 14.0 Å². The Morgan fingerprint density at radius 3 is 2.88 bits per heavy atom. The average molecular weight is 366 g/mol. The van der Waals surface area contributed by atoms with Crippen LogP contribution in [0.15, 0.2) is 23.4 Å². The molecule has 0 aliphatic carbocycles. The number of halogens is 2. The monoisotopic (exact) mass is 366 g/mol. The SMILES string of the molecule is C[C@H](CO)Nc1nc(SCc2cccc(F)c2F)nc2c1nnn2C. The first kappa shape index (κ1) is 17.5. The van der Waals surface area contributed by atoms with E-state index < -0.39 is 11.6 Å². The number of nitrogens with one attached hydrogen (secondary N) is 1. The van der Waals surface area contributed by atoms with Crippen molar-refractivity contribution in [3.05, 3.63) is 35.4 Å². The highest BCUT2D eigenvalue weighted by molar-refractivity contribution is 7.98. The highest BCUT2D eigenvalue weighted by Gasteiger charge is 2.16. The van der Waals surface area contributed by atoms with E-state index in [9.17, 15) is 13.9 Å². The summed E-state index contributed by atoms with van der Waals surface area (Å²) < 4.78 is 28.6. The number of benzene rings is 1. The number of fused-ring (bicyclic) bond motifs is 1. The molecule has 1 aromatic carbocycles. The second-order valence-electron chi connectivity index (χ2n) is 5.47. The predicted octanol–water partition coefficient (Wildman–Crippen LogP) is 2.12. The molecule has 2 aromatic heterocycles. The molecule has 7 nitrogen and oxygen atoms in total. The van der Waals surface area contributed by atoms with Crippen molar-refractivity contribution >= 4 is 28.7 Å². The first-order valence-corrected chi connectivity index (χ1v) is 8.48. The van der Waals surface area contributed by atoms with Crippen LogP contribution in [0.1, 0.15) is 12.5 Å². The first-order valence-electron chi connectivity index (χ1n) is 7.50. The predicted molar refractivity (Wildman–Crippen MR) is 90.2 cm³/mol. The van der Waals surface area contributed by atoms with E-state index in [2.05, 4.69) is 25.6 Å². The van der Waals surface area contributed by atoms with Gasteiger partial charge in [-0.15, -0.1) is 5.10 Å². The van der Waals surface area contributed by atoms with Crippen LogP contribution in [0.25, 0.3) is 11.2 Å². The van der Waals surface area contributed by atoms with Crippen LogP contribution in [0, 0.1) is 11.6 Å². The third-order valence-corrected chi connectivity index (χ3v) is 4.37. The van der Waals surface area contributed by atoms with Gasteiger partial charge >= 0.3 is 0 Å². The minimum Gasteiger partial charge on any atom is -0.394 e. The minimum atomic E-state index is -0.885. The Hall–Kier alpha value is -2.33. The lowest BCUT2D eigenvalue weighted by molar-refractivity contribution is 0.281. The molecule has 0 spiro atoms. The van der Waals surface area contributed by atoms with Gasteiger partial charge in [0.25, 0.3) is 0 Å². The van der Waals surface area contributed by atoms with E-state index in [0.29, 0.717) is 22.1 Å². The van der Waals surface area contributed by atoms with Crippen molar-refractivity contribution in [1.29, 1.82) is 0 Å². The van der Waals surface area contributed by atoms with E-state index in [1.807, 2.05) is 0 Å². The lowest BCUT2D eigenvalue weighted by atomic mass is 10.2. The van der Waals surface area contributed by atoms with E-state index >= 15 is 0 Å². The standard InChI is InChI=1S/C15H16F2N6OS/c1-8(6-24)18-13-12-14(23(2)22-21-12)20-15(19-13)25-7-9-4-3-5-10(16)11(9)17/h3-5,8,24H,6-7H2,1-2H3,(H,18,19,20)/t8-/m1/s1. The van der Waals surface area contributed by atoms with Crippen LogP contribution in [0.3, 0.4) is 0 Å². The van der Waals surface area contributed by atoms with Gasteiger partial charge in [-0.1, -0.05) is 29.1 Å². The normalized spacial score (nSPS) is 12.5. The van der Waals surface area contributed by atoms with Crippen molar-refractivity contribution in [3.63, 3.8) is 0 Å². The summed E-state index contributed by atoms with van der Waals surface area (Å²) in [5, 5.41) is 20.6. The highest BCUT2D eigenvalue weighted by Crippen LogP contribution is 2.26. The maximum absolute atomic E-state index is 13.8. The zero-order chi connectivity index (χ0) is 18.0. The summed E-state index contributed by atoms with van der Waals surface area (Å²) >= 11 is 1.17. The van der Waals surface area contributed by atoms with Gasteiger partial charge in [-0.2, -0.15) is 0 Å².